The van der Waals surface area contributed by atoms with Gasteiger partial charge in [-0.2, -0.15) is 0 Å². The molecule has 3 rings (SSSR count). The number of nitrogens with zero attached hydrogens (tertiary/aromatic N) is 1. The molecule has 0 unspecified atom stereocenters. The quantitative estimate of drug-likeness (QED) is 0.936. The Morgan fingerprint density at radius 2 is 1.90 bits per heavy atom. The van der Waals surface area contributed by atoms with E-state index in [2.05, 4.69) is 6.07 Å². The lowest BCUT2D eigenvalue weighted by Gasteiger charge is -2.18. The molecular formula is C16H16F2N2S. The van der Waals surface area contributed by atoms with Crippen molar-refractivity contribution in [2.75, 3.05) is 0 Å². The van der Waals surface area contributed by atoms with Gasteiger partial charge in [-0.1, -0.05) is 17.8 Å². The Hall–Kier alpha value is -1.46. The molecule has 1 aromatic heterocycles. The van der Waals surface area contributed by atoms with Crippen LogP contribution in [0.1, 0.15) is 29.7 Å². The van der Waals surface area contributed by atoms with Gasteiger partial charge >= 0.3 is 0 Å². The average Bonchev–Trinajstić information content (AvgIpc) is 2.50. The fraction of sp³-hybridized carbons (Fsp3) is 0.312. The van der Waals surface area contributed by atoms with Gasteiger partial charge in [-0.15, -0.1) is 0 Å². The van der Waals surface area contributed by atoms with Crippen molar-refractivity contribution in [1.82, 2.24) is 4.98 Å². The van der Waals surface area contributed by atoms with E-state index >= 15 is 0 Å². The highest BCUT2D eigenvalue weighted by Crippen LogP contribution is 2.32. The summed E-state index contributed by atoms with van der Waals surface area (Å²) in [7, 11) is 0. The maximum Gasteiger partial charge on any atom is 0.159 e. The lowest BCUT2D eigenvalue weighted by atomic mass is 9.95. The van der Waals surface area contributed by atoms with E-state index < -0.39 is 11.6 Å². The van der Waals surface area contributed by atoms with Crippen molar-refractivity contribution in [2.24, 2.45) is 5.73 Å². The van der Waals surface area contributed by atoms with Crippen LogP contribution in [0.3, 0.4) is 0 Å². The predicted octanol–water partition coefficient (Wildman–Crippen LogP) is 3.85. The number of pyridine rings is 1. The Morgan fingerprint density at radius 3 is 2.67 bits per heavy atom. The largest absolute Gasteiger partial charge is 0.326 e. The maximum atomic E-state index is 13.3. The monoisotopic (exact) mass is 306 g/mol. The molecule has 0 radical (unpaired) electrons. The van der Waals surface area contributed by atoms with E-state index in [0.717, 1.165) is 41.6 Å². The molecule has 0 bridgehead atoms. The summed E-state index contributed by atoms with van der Waals surface area (Å²) in [6.45, 7) is 0.395. The van der Waals surface area contributed by atoms with Gasteiger partial charge < -0.3 is 5.73 Å². The van der Waals surface area contributed by atoms with Gasteiger partial charge in [0.05, 0.1) is 0 Å². The smallest absolute Gasteiger partial charge is 0.159 e. The van der Waals surface area contributed by atoms with Crippen LogP contribution < -0.4 is 5.73 Å². The van der Waals surface area contributed by atoms with Crippen LogP contribution >= 0.6 is 11.8 Å². The predicted molar refractivity (Wildman–Crippen MR) is 79.3 cm³/mol. The molecule has 2 aromatic rings. The molecule has 0 amide bonds. The number of rotatable bonds is 3. The summed E-state index contributed by atoms with van der Waals surface area (Å²) in [4.78, 5) is 5.33. The molecule has 110 valence electrons. The zero-order valence-corrected chi connectivity index (χ0v) is 12.4. The lowest BCUT2D eigenvalue weighted by Crippen LogP contribution is -2.10. The van der Waals surface area contributed by atoms with Crippen molar-refractivity contribution in [1.29, 1.82) is 0 Å². The van der Waals surface area contributed by atoms with Crippen molar-refractivity contribution < 1.29 is 8.78 Å². The molecule has 2 nitrogen and oxygen atoms in total. The van der Waals surface area contributed by atoms with Crippen LogP contribution in [0.2, 0.25) is 0 Å². The molecule has 21 heavy (non-hydrogen) atoms. The number of nitrogens with two attached hydrogens (primary N) is 1. The number of benzene rings is 1. The van der Waals surface area contributed by atoms with E-state index in [1.165, 1.54) is 29.8 Å². The summed E-state index contributed by atoms with van der Waals surface area (Å²) >= 11 is 1.34. The second kappa shape index (κ2) is 6.12. The second-order valence-corrected chi connectivity index (χ2v) is 6.21. The molecule has 2 N–H and O–H groups in total. The molecule has 0 saturated carbocycles. The Labute approximate surface area is 126 Å². The zero-order valence-electron chi connectivity index (χ0n) is 11.5. The molecule has 0 fully saturated rings. The standard InChI is InChI=1S/C16H16F2N2S/c17-13-6-5-12(8-14(13)18)21-16-11(9-19)7-10-3-1-2-4-15(10)20-16/h5-8H,1-4,9,19H2. The third kappa shape index (κ3) is 3.09. The minimum atomic E-state index is -0.841. The van der Waals surface area contributed by atoms with Crippen LogP contribution in [0.15, 0.2) is 34.2 Å². The Balaban J connectivity index is 1.95. The van der Waals surface area contributed by atoms with Crippen molar-refractivity contribution >= 4 is 11.8 Å². The van der Waals surface area contributed by atoms with Gasteiger partial charge in [0.15, 0.2) is 11.6 Å². The fourth-order valence-corrected chi connectivity index (χ4v) is 3.50. The van der Waals surface area contributed by atoms with Crippen LogP contribution in [-0.2, 0) is 19.4 Å². The highest BCUT2D eigenvalue weighted by Gasteiger charge is 2.15. The summed E-state index contributed by atoms with van der Waals surface area (Å²) in [6.07, 6.45) is 4.36. The van der Waals surface area contributed by atoms with Crippen LogP contribution in [-0.4, -0.2) is 4.98 Å². The molecular weight excluding hydrogens is 290 g/mol. The average molecular weight is 306 g/mol. The third-order valence-electron chi connectivity index (χ3n) is 3.67. The van der Waals surface area contributed by atoms with Gasteiger partial charge in [0, 0.05) is 17.1 Å². The molecule has 1 heterocycles. The Morgan fingerprint density at radius 1 is 1.10 bits per heavy atom. The van der Waals surface area contributed by atoms with Crippen LogP contribution in [0.4, 0.5) is 8.78 Å². The van der Waals surface area contributed by atoms with E-state index in [-0.39, 0.29) is 0 Å². The summed E-state index contributed by atoms with van der Waals surface area (Å²) in [5.41, 5.74) is 9.16. The van der Waals surface area contributed by atoms with Gasteiger partial charge in [0.1, 0.15) is 5.03 Å². The van der Waals surface area contributed by atoms with E-state index in [4.69, 9.17) is 10.7 Å². The first kappa shape index (κ1) is 14.5. The minimum Gasteiger partial charge on any atom is -0.326 e. The number of halogens is 2. The van der Waals surface area contributed by atoms with Crippen LogP contribution in [0.25, 0.3) is 0 Å². The topological polar surface area (TPSA) is 38.9 Å². The van der Waals surface area contributed by atoms with E-state index in [1.807, 2.05) is 0 Å². The molecule has 1 aliphatic rings. The van der Waals surface area contributed by atoms with Gasteiger partial charge in [-0.3, -0.25) is 0 Å². The van der Waals surface area contributed by atoms with Crippen molar-refractivity contribution in [3.63, 3.8) is 0 Å². The molecule has 0 saturated heterocycles. The van der Waals surface area contributed by atoms with Crippen molar-refractivity contribution in [2.45, 2.75) is 42.1 Å². The normalized spacial score (nSPS) is 14.0. The SMILES string of the molecule is NCc1cc2c(nc1Sc1ccc(F)c(F)c1)CCCC2. The van der Waals surface area contributed by atoms with Gasteiger partial charge in [0.2, 0.25) is 0 Å². The van der Waals surface area contributed by atoms with Gasteiger partial charge in [-0.05, 0) is 55.0 Å². The number of hydrogen-bond acceptors (Lipinski definition) is 3. The minimum absolute atomic E-state index is 0.395. The molecule has 0 spiro atoms. The van der Waals surface area contributed by atoms with Gasteiger partial charge in [-0.25, -0.2) is 13.8 Å². The first-order valence-corrected chi connectivity index (χ1v) is 7.83. The van der Waals surface area contributed by atoms with Crippen LogP contribution in [0.5, 0.6) is 0 Å². The molecule has 0 aliphatic heterocycles. The maximum absolute atomic E-state index is 13.3. The highest BCUT2D eigenvalue weighted by atomic mass is 32.2. The third-order valence-corrected chi connectivity index (χ3v) is 4.70. The van der Waals surface area contributed by atoms with Gasteiger partial charge in [0.25, 0.3) is 0 Å². The number of aromatic nitrogens is 1. The first-order chi connectivity index (χ1) is 10.2. The van der Waals surface area contributed by atoms with Crippen molar-refractivity contribution in [3.8, 4) is 0 Å². The van der Waals surface area contributed by atoms with Crippen LogP contribution in [0, 0.1) is 11.6 Å². The molecule has 1 aliphatic carbocycles. The van der Waals surface area contributed by atoms with E-state index in [0.29, 0.717) is 11.4 Å². The Bertz CT molecular complexity index is 674. The number of aryl methyl sites for hydroxylation is 2. The van der Waals surface area contributed by atoms with E-state index in [1.54, 1.807) is 6.07 Å². The summed E-state index contributed by atoms with van der Waals surface area (Å²) in [5.74, 6) is -1.68. The molecule has 1 aromatic carbocycles. The Kier molecular flexibility index (Phi) is 4.22. The number of hydrogen-bond donors (Lipinski definition) is 1. The summed E-state index contributed by atoms with van der Waals surface area (Å²) in [5, 5.41) is 0.796. The highest BCUT2D eigenvalue weighted by molar-refractivity contribution is 7.99. The fourth-order valence-electron chi connectivity index (χ4n) is 2.55. The summed E-state index contributed by atoms with van der Waals surface area (Å²) in [6, 6.07) is 6.01. The van der Waals surface area contributed by atoms with Crippen molar-refractivity contribution in [3.05, 3.63) is 52.7 Å². The first-order valence-electron chi connectivity index (χ1n) is 7.02. The second-order valence-electron chi connectivity index (χ2n) is 5.15. The molecule has 5 heteroatoms. The molecule has 0 atom stereocenters. The lowest BCUT2D eigenvalue weighted by molar-refractivity contribution is 0.506. The number of fused-ring (bicyclic) bond motifs is 1. The van der Waals surface area contributed by atoms with E-state index in [9.17, 15) is 8.78 Å². The zero-order chi connectivity index (χ0) is 14.8. The summed E-state index contributed by atoms with van der Waals surface area (Å²) < 4.78 is 26.3.